The standard InChI is InChI=1S/C21H35N7O2.HI/c1-21(2,3)30-20(29)28-14-17(15-28)25-19(22-4)24-13-16-6-7-18(23-12-16)27-10-8-26(5)9-11-27;/h6-7,12,17H,8-11,13-15H2,1-5H3,(H2,22,24,25);1H. The van der Waals surface area contributed by atoms with Crippen molar-refractivity contribution in [3.63, 3.8) is 0 Å². The summed E-state index contributed by atoms with van der Waals surface area (Å²) in [5.74, 6) is 1.75. The van der Waals surface area contributed by atoms with Crippen LogP contribution in [0.3, 0.4) is 0 Å². The molecule has 0 unspecified atom stereocenters. The molecule has 2 saturated heterocycles. The van der Waals surface area contributed by atoms with Gasteiger partial charge in [0.15, 0.2) is 5.96 Å². The normalized spacial score (nSPS) is 18.2. The van der Waals surface area contributed by atoms with Gasteiger partial charge in [-0.05, 0) is 39.4 Å². The largest absolute Gasteiger partial charge is 0.444 e. The van der Waals surface area contributed by atoms with Gasteiger partial charge in [0.1, 0.15) is 11.4 Å². The summed E-state index contributed by atoms with van der Waals surface area (Å²) in [6.45, 7) is 11.6. The Bertz CT molecular complexity index is 737. The van der Waals surface area contributed by atoms with E-state index in [1.165, 1.54) is 0 Å². The molecule has 0 aromatic carbocycles. The zero-order valence-electron chi connectivity index (χ0n) is 19.2. The first kappa shape index (κ1) is 25.4. The molecule has 0 saturated carbocycles. The first-order chi connectivity index (χ1) is 14.2. The van der Waals surface area contributed by atoms with Crippen LogP contribution in [0, 0.1) is 0 Å². The lowest BCUT2D eigenvalue weighted by Gasteiger charge is -2.40. The number of hydrogen-bond acceptors (Lipinski definition) is 6. The number of anilines is 1. The van der Waals surface area contributed by atoms with Gasteiger partial charge in [-0.25, -0.2) is 9.78 Å². The number of aliphatic imine (C=N–C) groups is 1. The molecule has 0 radical (unpaired) electrons. The van der Waals surface area contributed by atoms with E-state index in [2.05, 4.69) is 49.6 Å². The van der Waals surface area contributed by atoms with E-state index in [1.54, 1.807) is 11.9 Å². The maximum Gasteiger partial charge on any atom is 0.410 e. The second kappa shape index (κ2) is 11.2. The molecule has 1 aromatic rings. The third-order valence-corrected chi connectivity index (χ3v) is 5.19. The van der Waals surface area contributed by atoms with Crippen molar-refractivity contribution in [2.24, 2.45) is 4.99 Å². The molecule has 1 aromatic heterocycles. The number of carbonyl (C=O) groups excluding carboxylic acids is 1. The molecule has 1 amide bonds. The summed E-state index contributed by atoms with van der Waals surface area (Å²) in [6, 6.07) is 4.36. The summed E-state index contributed by atoms with van der Waals surface area (Å²) >= 11 is 0. The van der Waals surface area contributed by atoms with Crippen LogP contribution in [0.4, 0.5) is 10.6 Å². The molecular weight excluding hydrogens is 509 g/mol. The number of nitrogens with one attached hydrogen (secondary N) is 2. The van der Waals surface area contributed by atoms with Gasteiger partial charge in [0.25, 0.3) is 0 Å². The van der Waals surface area contributed by atoms with E-state index in [4.69, 9.17) is 4.74 Å². The lowest BCUT2D eigenvalue weighted by Crippen LogP contribution is -2.63. The highest BCUT2D eigenvalue weighted by Crippen LogP contribution is 2.16. The highest BCUT2D eigenvalue weighted by Gasteiger charge is 2.34. The predicted molar refractivity (Wildman–Crippen MR) is 134 cm³/mol. The monoisotopic (exact) mass is 545 g/mol. The van der Waals surface area contributed by atoms with Crippen molar-refractivity contribution in [1.29, 1.82) is 0 Å². The number of hydrogen-bond donors (Lipinski definition) is 2. The van der Waals surface area contributed by atoms with Gasteiger partial charge in [0.05, 0.1) is 6.04 Å². The number of rotatable bonds is 4. The van der Waals surface area contributed by atoms with E-state index in [1.807, 2.05) is 27.0 Å². The third kappa shape index (κ3) is 7.67. The van der Waals surface area contributed by atoms with Gasteiger partial charge in [0.2, 0.25) is 0 Å². The fourth-order valence-electron chi connectivity index (χ4n) is 3.36. The lowest BCUT2D eigenvalue weighted by atomic mass is 10.1. The summed E-state index contributed by atoms with van der Waals surface area (Å²) in [5, 5.41) is 6.66. The van der Waals surface area contributed by atoms with Crippen molar-refractivity contribution >= 4 is 41.8 Å². The van der Waals surface area contributed by atoms with Crippen molar-refractivity contribution in [3.05, 3.63) is 23.9 Å². The van der Waals surface area contributed by atoms with Gasteiger partial charge in [-0.3, -0.25) is 4.99 Å². The van der Waals surface area contributed by atoms with Gasteiger partial charge >= 0.3 is 6.09 Å². The van der Waals surface area contributed by atoms with Gasteiger partial charge < -0.3 is 30.1 Å². The van der Waals surface area contributed by atoms with Crippen molar-refractivity contribution < 1.29 is 9.53 Å². The highest BCUT2D eigenvalue weighted by atomic mass is 127. The summed E-state index contributed by atoms with van der Waals surface area (Å²) in [4.78, 5) is 27.3. The molecule has 10 heteroatoms. The summed E-state index contributed by atoms with van der Waals surface area (Å²) in [6.07, 6.45) is 1.65. The maximum absolute atomic E-state index is 12.0. The molecule has 174 valence electrons. The van der Waals surface area contributed by atoms with Crippen molar-refractivity contribution in [3.8, 4) is 0 Å². The van der Waals surface area contributed by atoms with Crippen molar-refractivity contribution in [2.45, 2.75) is 39.0 Å². The number of halogens is 1. The van der Waals surface area contributed by atoms with Crippen molar-refractivity contribution in [1.82, 2.24) is 25.4 Å². The number of likely N-dealkylation sites (tertiary alicyclic amines) is 1. The fourth-order valence-corrected chi connectivity index (χ4v) is 3.36. The van der Waals surface area contributed by atoms with E-state index in [0.29, 0.717) is 25.6 Å². The Labute approximate surface area is 202 Å². The van der Waals surface area contributed by atoms with Crippen LogP contribution >= 0.6 is 24.0 Å². The zero-order valence-corrected chi connectivity index (χ0v) is 21.6. The van der Waals surface area contributed by atoms with Crippen LogP contribution in [0.15, 0.2) is 23.3 Å². The Morgan fingerprint density at radius 1 is 1.23 bits per heavy atom. The molecule has 2 fully saturated rings. The number of carbonyl (C=O) groups is 1. The number of amides is 1. The number of guanidine groups is 1. The molecule has 31 heavy (non-hydrogen) atoms. The number of pyridine rings is 1. The highest BCUT2D eigenvalue weighted by molar-refractivity contribution is 14.0. The number of aromatic nitrogens is 1. The maximum atomic E-state index is 12.0. The summed E-state index contributed by atoms with van der Waals surface area (Å²) in [5.41, 5.74) is 0.626. The van der Waals surface area contributed by atoms with Crippen LogP contribution in [-0.4, -0.2) is 91.8 Å². The Kier molecular flexibility index (Phi) is 9.16. The molecule has 0 aliphatic carbocycles. The number of piperazine rings is 1. The van der Waals surface area contributed by atoms with Crippen LogP contribution < -0.4 is 15.5 Å². The lowest BCUT2D eigenvalue weighted by molar-refractivity contribution is 0.00701. The van der Waals surface area contributed by atoms with Crippen LogP contribution in [-0.2, 0) is 11.3 Å². The van der Waals surface area contributed by atoms with E-state index >= 15 is 0 Å². The minimum atomic E-state index is -0.471. The average Bonchev–Trinajstić information content (AvgIpc) is 2.66. The van der Waals surface area contributed by atoms with Gasteiger partial charge in [-0.1, -0.05) is 6.07 Å². The Morgan fingerprint density at radius 2 is 1.90 bits per heavy atom. The molecule has 0 spiro atoms. The quantitative estimate of drug-likeness (QED) is 0.339. The predicted octanol–water partition coefficient (Wildman–Crippen LogP) is 1.74. The second-order valence-electron chi connectivity index (χ2n) is 8.97. The Balaban J connectivity index is 0.00000341. The second-order valence-corrected chi connectivity index (χ2v) is 8.97. The van der Waals surface area contributed by atoms with E-state index < -0.39 is 5.60 Å². The molecule has 0 atom stereocenters. The molecule has 2 aliphatic rings. The SMILES string of the molecule is CN=C(NCc1ccc(N2CCN(C)CC2)nc1)NC1CN(C(=O)OC(C)(C)C)C1.I. The minimum absolute atomic E-state index is 0. The Morgan fingerprint density at radius 3 is 2.45 bits per heavy atom. The number of ether oxygens (including phenoxy) is 1. The third-order valence-electron chi connectivity index (χ3n) is 5.19. The van der Waals surface area contributed by atoms with E-state index in [9.17, 15) is 4.79 Å². The topological polar surface area (TPSA) is 85.3 Å². The molecular formula is C21H36IN7O2. The van der Waals surface area contributed by atoms with Crippen molar-refractivity contribution in [2.75, 3.05) is 58.3 Å². The van der Waals surface area contributed by atoms with Crippen LogP contribution in [0.1, 0.15) is 26.3 Å². The van der Waals surface area contributed by atoms with Crippen LogP contribution in [0.25, 0.3) is 0 Å². The summed E-state index contributed by atoms with van der Waals surface area (Å²) < 4.78 is 5.39. The fraction of sp³-hybridized carbons (Fsp3) is 0.667. The molecule has 2 aliphatic heterocycles. The zero-order chi connectivity index (χ0) is 21.7. The molecule has 9 nitrogen and oxygen atoms in total. The average molecular weight is 545 g/mol. The first-order valence-corrected chi connectivity index (χ1v) is 10.6. The smallest absolute Gasteiger partial charge is 0.410 e. The van der Waals surface area contributed by atoms with E-state index in [0.717, 1.165) is 37.6 Å². The van der Waals surface area contributed by atoms with Gasteiger partial charge in [-0.2, -0.15) is 0 Å². The van der Waals surface area contributed by atoms with Gasteiger partial charge in [-0.15, -0.1) is 24.0 Å². The first-order valence-electron chi connectivity index (χ1n) is 10.6. The Hall–Kier alpha value is -1.82. The molecule has 2 N–H and O–H groups in total. The molecule has 0 bridgehead atoms. The minimum Gasteiger partial charge on any atom is -0.444 e. The van der Waals surface area contributed by atoms with Crippen LogP contribution in [0.5, 0.6) is 0 Å². The van der Waals surface area contributed by atoms with Gasteiger partial charge in [0, 0.05) is 59.1 Å². The molecule has 3 heterocycles. The van der Waals surface area contributed by atoms with E-state index in [-0.39, 0.29) is 36.1 Å². The number of likely N-dealkylation sites (N-methyl/N-ethyl adjacent to an activating group) is 1. The summed E-state index contributed by atoms with van der Waals surface area (Å²) in [7, 11) is 3.90. The number of nitrogens with zero attached hydrogens (tertiary/aromatic N) is 5. The molecule has 3 rings (SSSR count). The van der Waals surface area contributed by atoms with Crippen LogP contribution in [0.2, 0.25) is 0 Å².